The van der Waals surface area contributed by atoms with Gasteiger partial charge in [0.25, 0.3) is 0 Å². The number of morpholine rings is 1. The number of nitrogen functional groups attached to an aromatic ring is 1. The van der Waals surface area contributed by atoms with E-state index in [1.54, 1.807) is 0 Å². The zero-order chi connectivity index (χ0) is 15.5. The molecule has 0 bridgehead atoms. The highest BCUT2D eigenvalue weighted by Crippen LogP contribution is 2.18. The Bertz CT molecular complexity index is 661. The van der Waals surface area contributed by atoms with Gasteiger partial charge >= 0.3 is 5.97 Å². The second-order valence-corrected chi connectivity index (χ2v) is 4.65. The zero-order valence-corrected chi connectivity index (χ0v) is 11.9. The molecular formula is C11H15N7O4. The van der Waals surface area contributed by atoms with Crippen LogP contribution in [0.1, 0.15) is 16.2 Å². The fraction of sp³-hybridized carbons (Fsp3) is 0.545. The summed E-state index contributed by atoms with van der Waals surface area (Å²) in [5, 5.41) is 15.0. The van der Waals surface area contributed by atoms with Gasteiger partial charge in [-0.25, -0.2) is 9.42 Å². The topological polar surface area (TPSA) is 134 Å². The minimum Gasteiger partial charge on any atom is -0.464 e. The second-order valence-electron chi connectivity index (χ2n) is 4.65. The average molecular weight is 309 g/mol. The molecule has 0 aromatic carbocycles. The van der Waals surface area contributed by atoms with E-state index in [2.05, 4.69) is 30.2 Å². The van der Waals surface area contributed by atoms with Crippen molar-refractivity contribution in [1.29, 1.82) is 0 Å². The molecule has 3 rings (SSSR count). The highest BCUT2D eigenvalue weighted by Gasteiger charge is 2.26. The van der Waals surface area contributed by atoms with E-state index >= 15 is 0 Å². The Kier molecular flexibility index (Phi) is 3.98. The van der Waals surface area contributed by atoms with Gasteiger partial charge in [0.1, 0.15) is 0 Å². The molecule has 0 unspecified atom stereocenters. The summed E-state index contributed by atoms with van der Waals surface area (Å²) < 4.78 is 16.0. The Hall–Kier alpha value is -2.53. The smallest absolute Gasteiger partial charge is 0.360 e. The minimum atomic E-state index is -0.579. The number of hydrogen-bond acceptors (Lipinski definition) is 10. The Morgan fingerprint density at radius 3 is 2.77 bits per heavy atom. The van der Waals surface area contributed by atoms with Crippen molar-refractivity contribution in [2.75, 3.05) is 39.1 Å². The molecular weight excluding hydrogens is 294 g/mol. The van der Waals surface area contributed by atoms with Crippen molar-refractivity contribution in [2.45, 2.75) is 6.54 Å². The van der Waals surface area contributed by atoms with Crippen molar-refractivity contribution in [3.8, 4) is 5.82 Å². The molecule has 0 amide bonds. The van der Waals surface area contributed by atoms with Crippen molar-refractivity contribution in [2.24, 2.45) is 0 Å². The van der Waals surface area contributed by atoms with E-state index in [1.807, 2.05) is 0 Å². The summed E-state index contributed by atoms with van der Waals surface area (Å²) in [6.45, 7) is 3.15. The van der Waals surface area contributed by atoms with E-state index in [0.717, 1.165) is 13.1 Å². The number of anilines is 1. The maximum absolute atomic E-state index is 11.9. The van der Waals surface area contributed by atoms with Gasteiger partial charge in [0.15, 0.2) is 5.69 Å². The van der Waals surface area contributed by atoms with Crippen LogP contribution in [0.4, 0.5) is 5.82 Å². The summed E-state index contributed by atoms with van der Waals surface area (Å²) >= 11 is 0. The summed E-state index contributed by atoms with van der Waals surface area (Å²) in [4.78, 5) is 14.0. The van der Waals surface area contributed by atoms with Gasteiger partial charge in [-0.3, -0.25) is 4.90 Å². The van der Waals surface area contributed by atoms with Gasteiger partial charge in [0.05, 0.1) is 26.0 Å². The molecule has 0 radical (unpaired) electrons. The molecule has 1 saturated heterocycles. The van der Waals surface area contributed by atoms with E-state index in [9.17, 15) is 4.79 Å². The van der Waals surface area contributed by atoms with E-state index in [0.29, 0.717) is 25.5 Å². The van der Waals surface area contributed by atoms with Crippen LogP contribution in [0.3, 0.4) is 0 Å². The summed E-state index contributed by atoms with van der Waals surface area (Å²) in [6.07, 6.45) is 0. The predicted molar refractivity (Wildman–Crippen MR) is 71.1 cm³/mol. The number of hydrogen-bond donors (Lipinski definition) is 1. The molecule has 1 aliphatic heterocycles. The third-order valence-electron chi connectivity index (χ3n) is 3.32. The van der Waals surface area contributed by atoms with E-state index in [1.165, 1.54) is 11.8 Å². The lowest BCUT2D eigenvalue weighted by molar-refractivity contribution is 0.0329. The number of carbonyl (C=O) groups is 1. The van der Waals surface area contributed by atoms with Crippen molar-refractivity contribution in [3.63, 3.8) is 0 Å². The predicted octanol–water partition coefficient (Wildman–Crippen LogP) is -1.15. The number of rotatable bonds is 4. The quantitative estimate of drug-likeness (QED) is 0.690. The van der Waals surface area contributed by atoms with E-state index in [-0.39, 0.29) is 17.3 Å². The first kappa shape index (κ1) is 14.4. The number of esters is 1. The van der Waals surface area contributed by atoms with E-state index < -0.39 is 5.97 Å². The average Bonchev–Trinajstić information content (AvgIpc) is 3.13. The summed E-state index contributed by atoms with van der Waals surface area (Å²) in [5.41, 5.74) is 6.30. The molecule has 1 fully saturated rings. The number of aromatic nitrogens is 5. The second kappa shape index (κ2) is 6.07. The molecule has 0 saturated carbocycles. The number of ether oxygens (including phenoxy) is 2. The molecule has 22 heavy (non-hydrogen) atoms. The lowest BCUT2D eigenvalue weighted by Gasteiger charge is -2.26. The highest BCUT2D eigenvalue weighted by molar-refractivity contribution is 5.88. The Balaban J connectivity index is 1.97. The Labute approximate surface area is 124 Å². The molecule has 2 N–H and O–H groups in total. The van der Waals surface area contributed by atoms with Crippen molar-refractivity contribution < 1.29 is 18.9 Å². The standard InChI is InChI=1S/C11H15N7O4/c1-20-11(19)8-7(6-17-2-4-21-5-3-17)18(16-13-8)10-9(12)14-22-15-10/h2-6H2,1H3,(H2,12,14). The normalized spacial score (nSPS) is 15.9. The third kappa shape index (κ3) is 2.63. The summed E-state index contributed by atoms with van der Waals surface area (Å²) in [7, 11) is 1.28. The van der Waals surface area contributed by atoms with Gasteiger partial charge in [-0.05, 0) is 10.3 Å². The van der Waals surface area contributed by atoms with Gasteiger partial charge in [0, 0.05) is 19.6 Å². The SMILES string of the molecule is COC(=O)c1nnn(-c2nonc2N)c1CN1CCOCC1. The molecule has 2 aromatic heterocycles. The molecule has 0 atom stereocenters. The lowest BCUT2D eigenvalue weighted by Crippen LogP contribution is -2.36. The van der Waals surface area contributed by atoms with Crippen LogP contribution in [0.25, 0.3) is 5.82 Å². The summed E-state index contributed by atoms with van der Waals surface area (Å²) in [5.74, 6) is -0.333. The lowest BCUT2D eigenvalue weighted by atomic mass is 10.2. The van der Waals surface area contributed by atoms with Crippen LogP contribution in [0, 0.1) is 0 Å². The van der Waals surface area contributed by atoms with Crippen LogP contribution in [0.15, 0.2) is 4.63 Å². The van der Waals surface area contributed by atoms with Gasteiger partial charge in [-0.2, -0.15) is 4.68 Å². The van der Waals surface area contributed by atoms with Crippen molar-refractivity contribution >= 4 is 11.8 Å². The number of carbonyl (C=O) groups excluding carboxylic acids is 1. The van der Waals surface area contributed by atoms with Crippen LogP contribution in [0.2, 0.25) is 0 Å². The first-order valence-corrected chi connectivity index (χ1v) is 6.62. The van der Waals surface area contributed by atoms with Gasteiger partial charge in [-0.15, -0.1) is 5.10 Å². The third-order valence-corrected chi connectivity index (χ3v) is 3.32. The largest absolute Gasteiger partial charge is 0.464 e. The maximum atomic E-state index is 11.9. The molecule has 0 aliphatic carbocycles. The Morgan fingerprint density at radius 2 is 2.14 bits per heavy atom. The zero-order valence-electron chi connectivity index (χ0n) is 11.9. The monoisotopic (exact) mass is 309 g/mol. The Morgan fingerprint density at radius 1 is 1.36 bits per heavy atom. The van der Waals surface area contributed by atoms with Crippen LogP contribution < -0.4 is 5.73 Å². The van der Waals surface area contributed by atoms with Crippen LogP contribution >= 0.6 is 0 Å². The molecule has 2 aromatic rings. The van der Waals surface area contributed by atoms with Gasteiger partial charge < -0.3 is 15.2 Å². The number of nitrogens with zero attached hydrogens (tertiary/aromatic N) is 6. The van der Waals surface area contributed by atoms with E-state index in [4.69, 9.17) is 15.2 Å². The fourth-order valence-electron chi connectivity index (χ4n) is 2.18. The number of methoxy groups -OCH3 is 1. The fourth-order valence-corrected chi connectivity index (χ4v) is 2.18. The van der Waals surface area contributed by atoms with Gasteiger partial charge in [-0.1, -0.05) is 5.21 Å². The number of nitrogens with two attached hydrogens (primary N) is 1. The molecule has 1 aliphatic rings. The summed E-state index contributed by atoms with van der Waals surface area (Å²) in [6, 6.07) is 0. The molecule has 11 nitrogen and oxygen atoms in total. The van der Waals surface area contributed by atoms with Crippen molar-refractivity contribution in [1.82, 2.24) is 30.2 Å². The van der Waals surface area contributed by atoms with Crippen molar-refractivity contribution in [3.05, 3.63) is 11.4 Å². The molecule has 3 heterocycles. The highest BCUT2D eigenvalue weighted by atomic mass is 16.6. The maximum Gasteiger partial charge on any atom is 0.360 e. The molecule has 0 spiro atoms. The molecule has 118 valence electrons. The van der Waals surface area contributed by atoms with Gasteiger partial charge in [0.2, 0.25) is 11.6 Å². The molecule has 11 heteroatoms. The van der Waals surface area contributed by atoms with Crippen LogP contribution in [-0.4, -0.2) is 69.6 Å². The first-order valence-electron chi connectivity index (χ1n) is 6.62. The first-order chi connectivity index (χ1) is 10.7. The minimum absolute atomic E-state index is 0.0598. The van der Waals surface area contributed by atoms with Crippen LogP contribution in [0.5, 0.6) is 0 Å². The van der Waals surface area contributed by atoms with Crippen LogP contribution in [-0.2, 0) is 16.0 Å².